The molecule has 1 aromatic heterocycles. The molecular weight excluding hydrogens is 462 g/mol. The number of amides is 1. The van der Waals surface area contributed by atoms with Gasteiger partial charge in [0.15, 0.2) is 5.13 Å². The van der Waals surface area contributed by atoms with E-state index in [4.69, 9.17) is 9.82 Å². The maximum Gasteiger partial charge on any atom is 0.270 e. The van der Waals surface area contributed by atoms with Crippen molar-refractivity contribution in [2.75, 3.05) is 5.32 Å². The summed E-state index contributed by atoms with van der Waals surface area (Å²) in [6.07, 6.45) is 7.98. The Kier molecular flexibility index (Phi) is 4.53. The summed E-state index contributed by atoms with van der Waals surface area (Å²) in [6.45, 7) is 0. The zero-order valence-electron chi connectivity index (χ0n) is 16.6. The number of hydrogen-bond donors (Lipinski definition) is 1. The molecule has 4 aliphatic carbocycles. The number of nitrogens with zero attached hydrogens (tertiary/aromatic N) is 2. The normalized spacial score (nSPS) is 34.0. The number of rotatable bonds is 4. The van der Waals surface area contributed by atoms with Crippen LogP contribution < -0.4 is 5.32 Å². The third-order valence-electron chi connectivity index (χ3n) is 7.44. The van der Waals surface area contributed by atoms with Crippen molar-refractivity contribution in [2.45, 2.75) is 56.5 Å². The molecule has 156 valence electrons. The van der Waals surface area contributed by atoms with Crippen LogP contribution in [-0.4, -0.2) is 22.7 Å². The Labute approximate surface area is 188 Å². The maximum absolute atomic E-state index is 12.8. The van der Waals surface area contributed by atoms with E-state index >= 15 is 0 Å². The van der Waals surface area contributed by atoms with Gasteiger partial charge in [0.25, 0.3) is 5.91 Å². The molecule has 1 aromatic carbocycles. The molecule has 30 heavy (non-hydrogen) atoms. The first kappa shape index (κ1) is 19.0. The molecule has 5 nitrogen and oxygen atoms in total. The van der Waals surface area contributed by atoms with E-state index in [9.17, 15) is 4.79 Å². The molecule has 1 atom stereocenters. The average molecular weight is 486 g/mol. The van der Waals surface area contributed by atoms with Crippen LogP contribution in [0.15, 0.2) is 39.3 Å². The molecule has 1 unspecified atom stereocenters. The fourth-order valence-corrected chi connectivity index (χ4v) is 7.78. The number of oxime groups is 1. The van der Waals surface area contributed by atoms with Crippen molar-refractivity contribution in [3.63, 3.8) is 0 Å². The Morgan fingerprint density at radius 1 is 1.17 bits per heavy atom. The highest BCUT2D eigenvalue weighted by molar-refractivity contribution is 9.10. The minimum atomic E-state index is -0.606. The molecule has 4 saturated carbocycles. The Bertz CT molecular complexity index is 998. The first-order valence-electron chi connectivity index (χ1n) is 10.8. The lowest BCUT2D eigenvalue weighted by Gasteiger charge is -2.56. The molecule has 1 amide bonds. The molecule has 0 saturated heterocycles. The SMILES string of the molecule is O=C(Nc1nc(C23CC4CC(CC(C4)C2)C3)cs1)C1CC(c2cccc(Br)c2)=NO1. The first-order valence-corrected chi connectivity index (χ1v) is 12.5. The lowest BCUT2D eigenvalue weighted by Crippen LogP contribution is -2.48. The minimum Gasteiger partial charge on any atom is -0.382 e. The van der Waals surface area contributed by atoms with Gasteiger partial charge in [0, 0.05) is 27.3 Å². The van der Waals surface area contributed by atoms with Crippen LogP contribution in [0, 0.1) is 17.8 Å². The van der Waals surface area contributed by atoms with Gasteiger partial charge >= 0.3 is 0 Å². The van der Waals surface area contributed by atoms with Crippen molar-refractivity contribution >= 4 is 44.0 Å². The fraction of sp³-hybridized carbons (Fsp3) is 0.522. The lowest BCUT2D eigenvalue weighted by atomic mass is 9.49. The predicted octanol–water partition coefficient (Wildman–Crippen LogP) is 5.51. The Balaban J connectivity index is 1.13. The van der Waals surface area contributed by atoms with E-state index in [2.05, 4.69) is 31.8 Å². The van der Waals surface area contributed by atoms with Crippen LogP contribution in [0.5, 0.6) is 0 Å². The van der Waals surface area contributed by atoms with E-state index in [1.54, 1.807) is 11.3 Å². The van der Waals surface area contributed by atoms with Crippen molar-refractivity contribution < 1.29 is 9.63 Å². The number of benzene rings is 1. The summed E-state index contributed by atoms with van der Waals surface area (Å²) < 4.78 is 0.982. The summed E-state index contributed by atoms with van der Waals surface area (Å²) in [4.78, 5) is 23.1. The maximum atomic E-state index is 12.8. The van der Waals surface area contributed by atoms with Crippen LogP contribution in [0.1, 0.15) is 56.2 Å². The minimum absolute atomic E-state index is 0.171. The van der Waals surface area contributed by atoms with Crippen molar-refractivity contribution in [1.82, 2.24) is 4.98 Å². The smallest absolute Gasteiger partial charge is 0.270 e. The Morgan fingerprint density at radius 3 is 2.60 bits per heavy atom. The van der Waals surface area contributed by atoms with Gasteiger partial charge in [-0.2, -0.15) is 0 Å². The Morgan fingerprint density at radius 2 is 1.90 bits per heavy atom. The zero-order valence-corrected chi connectivity index (χ0v) is 19.0. The number of carbonyl (C=O) groups is 1. The summed E-state index contributed by atoms with van der Waals surface area (Å²) in [5.74, 6) is 2.49. The summed E-state index contributed by atoms with van der Waals surface area (Å²) in [7, 11) is 0. The van der Waals surface area contributed by atoms with E-state index in [1.165, 1.54) is 44.2 Å². The first-order chi connectivity index (χ1) is 14.6. The molecule has 0 radical (unpaired) electrons. The molecule has 4 fully saturated rings. The Hall–Kier alpha value is -1.73. The second-order valence-electron chi connectivity index (χ2n) is 9.57. The molecule has 7 heteroatoms. The van der Waals surface area contributed by atoms with Crippen molar-refractivity contribution in [3.8, 4) is 0 Å². The summed E-state index contributed by atoms with van der Waals surface area (Å²) in [6, 6.07) is 7.89. The van der Waals surface area contributed by atoms with E-state index < -0.39 is 6.10 Å². The predicted molar refractivity (Wildman–Crippen MR) is 121 cm³/mol. The second-order valence-corrected chi connectivity index (χ2v) is 11.3. The summed E-state index contributed by atoms with van der Waals surface area (Å²) in [5.41, 5.74) is 3.23. The molecule has 7 rings (SSSR count). The van der Waals surface area contributed by atoms with E-state index in [1.807, 2.05) is 24.3 Å². The molecule has 2 heterocycles. The third kappa shape index (κ3) is 3.30. The van der Waals surface area contributed by atoms with Crippen molar-refractivity contribution in [1.29, 1.82) is 0 Å². The largest absolute Gasteiger partial charge is 0.382 e. The van der Waals surface area contributed by atoms with Gasteiger partial charge in [0.2, 0.25) is 6.10 Å². The van der Waals surface area contributed by atoms with Crippen LogP contribution in [0.25, 0.3) is 0 Å². The molecule has 1 aliphatic heterocycles. The van der Waals surface area contributed by atoms with Crippen molar-refractivity contribution in [2.24, 2.45) is 22.9 Å². The number of hydrogen-bond acceptors (Lipinski definition) is 5. The monoisotopic (exact) mass is 485 g/mol. The molecule has 1 N–H and O–H groups in total. The number of halogens is 1. The highest BCUT2D eigenvalue weighted by atomic mass is 79.9. The highest BCUT2D eigenvalue weighted by Gasteiger charge is 2.52. The number of thiazole rings is 1. The molecule has 2 aromatic rings. The van der Waals surface area contributed by atoms with E-state index in [0.717, 1.165) is 33.5 Å². The quantitative estimate of drug-likeness (QED) is 0.621. The standard InChI is InChI=1S/C23H24BrN3O2S/c24-17-3-1-2-16(7-17)18-8-19(29-27-18)21(28)26-22-25-20(12-30-22)23-9-13-4-14(10-23)6-15(5-13)11-23/h1-3,7,12-15,19H,4-6,8-11H2,(H,25,26,28). The summed E-state index contributed by atoms with van der Waals surface area (Å²) in [5, 5.41) is 9.99. The van der Waals surface area contributed by atoms with E-state index in [-0.39, 0.29) is 11.3 Å². The summed E-state index contributed by atoms with van der Waals surface area (Å²) >= 11 is 5.02. The number of nitrogens with one attached hydrogen (secondary N) is 1. The molecule has 0 spiro atoms. The average Bonchev–Trinajstić information content (AvgIpc) is 3.37. The van der Waals surface area contributed by atoms with Gasteiger partial charge in [-0.1, -0.05) is 33.2 Å². The molecular formula is C23H24BrN3O2S. The number of carbonyl (C=O) groups excluding carboxylic acids is 1. The van der Waals surface area contributed by atoms with Gasteiger partial charge < -0.3 is 4.84 Å². The van der Waals surface area contributed by atoms with Crippen LogP contribution in [-0.2, 0) is 15.0 Å². The van der Waals surface area contributed by atoms with Gasteiger partial charge in [-0.3, -0.25) is 10.1 Å². The fourth-order valence-electron chi connectivity index (χ4n) is 6.54. The second kappa shape index (κ2) is 7.16. The third-order valence-corrected chi connectivity index (χ3v) is 8.69. The van der Waals surface area contributed by atoms with Gasteiger partial charge in [0.1, 0.15) is 0 Å². The lowest BCUT2D eigenvalue weighted by molar-refractivity contribution is -0.125. The molecule has 4 bridgehead atoms. The van der Waals surface area contributed by atoms with Crippen LogP contribution in [0.4, 0.5) is 5.13 Å². The number of aromatic nitrogens is 1. The highest BCUT2D eigenvalue weighted by Crippen LogP contribution is 2.60. The van der Waals surface area contributed by atoms with Gasteiger partial charge in [-0.05, 0) is 68.4 Å². The van der Waals surface area contributed by atoms with Gasteiger partial charge in [-0.15, -0.1) is 11.3 Å². The van der Waals surface area contributed by atoms with Crippen molar-refractivity contribution in [3.05, 3.63) is 45.4 Å². The van der Waals surface area contributed by atoms with Gasteiger partial charge in [-0.25, -0.2) is 4.98 Å². The van der Waals surface area contributed by atoms with Crippen LogP contribution in [0.2, 0.25) is 0 Å². The zero-order chi connectivity index (χ0) is 20.3. The van der Waals surface area contributed by atoms with E-state index in [0.29, 0.717) is 11.6 Å². The number of anilines is 1. The van der Waals surface area contributed by atoms with Gasteiger partial charge in [0.05, 0.1) is 11.4 Å². The van der Waals surface area contributed by atoms with Crippen LogP contribution in [0.3, 0.4) is 0 Å². The molecule has 5 aliphatic rings. The van der Waals surface area contributed by atoms with Crippen LogP contribution >= 0.6 is 27.3 Å². The topological polar surface area (TPSA) is 63.6 Å².